The average molecular weight is 432 g/mol. The molecule has 1 aromatic carbocycles. The maximum atomic E-state index is 13.0. The molecule has 0 spiro atoms. The van der Waals surface area contributed by atoms with Gasteiger partial charge in [-0.3, -0.25) is 9.20 Å². The Morgan fingerprint density at radius 3 is 2.97 bits per heavy atom. The number of benzene rings is 1. The minimum Gasteiger partial charge on any atom is -0.380 e. The maximum absolute atomic E-state index is 13.0. The van der Waals surface area contributed by atoms with Crippen LogP contribution < -0.4 is 10.6 Å². The van der Waals surface area contributed by atoms with E-state index >= 15 is 0 Å². The van der Waals surface area contributed by atoms with E-state index < -0.39 is 0 Å². The van der Waals surface area contributed by atoms with Crippen LogP contribution in [0.25, 0.3) is 17.0 Å². The number of nitrogens with one attached hydrogen (secondary N) is 2. The van der Waals surface area contributed by atoms with Gasteiger partial charge in [-0.25, -0.2) is 4.98 Å². The lowest BCUT2D eigenvalue weighted by Crippen LogP contribution is -2.43. The van der Waals surface area contributed by atoms with Gasteiger partial charge in [0.15, 0.2) is 0 Å². The van der Waals surface area contributed by atoms with Crippen LogP contribution in [0.1, 0.15) is 46.9 Å². The van der Waals surface area contributed by atoms with E-state index in [1.165, 1.54) is 0 Å². The highest BCUT2D eigenvalue weighted by Gasteiger charge is 2.30. The number of aryl methyl sites for hydroxylation is 1. The van der Waals surface area contributed by atoms with Gasteiger partial charge in [0.1, 0.15) is 11.3 Å². The molecule has 2 atom stereocenters. The Balaban J connectivity index is 1.37. The predicted molar refractivity (Wildman–Crippen MR) is 118 cm³/mol. The van der Waals surface area contributed by atoms with Crippen molar-refractivity contribution < 1.29 is 14.1 Å². The predicted octanol–water partition coefficient (Wildman–Crippen LogP) is 3.51. The lowest BCUT2D eigenvalue weighted by molar-refractivity contribution is 0.102. The number of imidazole rings is 1. The minimum absolute atomic E-state index is 0.107. The van der Waals surface area contributed by atoms with Gasteiger partial charge in [0, 0.05) is 30.6 Å². The summed E-state index contributed by atoms with van der Waals surface area (Å²) >= 11 is 0. The van der Waals surface area contributed by atoms with Crippen LogP contribution >= 0.6 is 0 Å². The molecule has 1 saturated heterocycles. The summed E-state index contributed by atoms with van der Waals surface area (Å²) in [4.78, 5) is 21.9. The number of hydrogen-bond acceptors (Lipinski definition) is 7. The highest BCUT2D eigenvalue weighted by Crippen LogP contribution is 2.29. The van der Waals surface area contributed by atoms with E-state index in [1.54, 1.807) is 17.7 Å². The highest BCUT2D eigenvalue weighted by molar-refractivity contribution is 6.04. The Bertz CT molecular complexity index is 1290. The van der Waals surface area contributed by atoms with Crippen molar-refractivity contribution in [2.45, 2.75) is 39.0 Å². The molecule has 1 amide bonds. The number of ether oxygens (including phenoxy) is 1. The zero-order valence-corrected chi connectivity index (χ0v) is 18.1. The van der Waals surface area contributed by atoms with Gasteiger partial charge in [-0.1, -0.05) is 17.3 Å². The van der Waals surface area contributed by atoms with Crippen LogP contribution in [0, 0.1) is 6.92 Å². The molecule has 0 unspecified atom stereocenters. The third kappa shape index (κ3) is 3.76. The molecule has 1 aliphatic heterocycles. The number of nitrogens with zero attached hydrogens (tertiary/aromatic N) is 4. The van der Waals surface area contributed by atoms with E-state index in [0.717, 1.165) is 23.1 Å². The second-order valence-corrected chi connectivity index (χ2v) is 8.14. The zero-order valence-electron chi connectivity index (χ0n) is 18.1. The Hall–Kier alpha value is -3.56. The second-order valence-electron chi connectivity index (χ2n) is 8.14. The van der Waals surface area contributed by atoms with Gasteiger partial charge in [0.25, 0.3) is 5.91 Å². The van der Waals surface area contributed by atoms with Gasteiger partial charge < -0.3 is 19.9 Å². The molecular weight excluding hydrogens is 408 g/mol. The number of methoxy groups -OCH3 is 1. The standard InChI is InChI=1S/C23H24N6O3/c1-13-4-5-16(21-27-23(32-28-21)18-8-14(2)25-18)10-17(13)26-22(30)19-11-24-20-9-15(12-31-3)6-7-29(19)20/h4-7,9-11,14,18,25H,8,12H2,1-3H3,(H,26,30)/t14-,18-/m0/s1. The summed E-state index contributed by atoms with van der Waals surface area (Å²) in [5.41, 5.74) is 4.51. The smallest absolute Gasteiger partial charge is 0.274 e. The second kappa shape index (κ2) is 8.18. The van der Waals surface area contributed by atoms with E-state index in [4.69, 9.17) is 9.26 Å². The van der Waals surface area contributed by atoms with Crippen LogP contribution in [0.4, 0.5) is 5.69 Å². The largest absolute Gasteiger partial charge is 0.380 e. The van der Waals surface area contributed by atoms with Crippen molar-refractivity contribution in [2.24, 2.45) is 0 Å². The number of amides is 1. The molecule has 4 aromatic rings. The third-order valence-corrected chi connectivity index (χ3v) is 5.68. The average Bonchev–Trinajstić information content (AvgIpc) is 3.40. The number of anilines is 1. The van der Waals surface area contributed by atoms with Crippen molar-refractivity contribution in [1.82, 2.24) is 24.8 Å². The molecule has 0 bridgehead atoms. The van der Waals surface area contributed by atoms with E-state index in [2.05, 4.69) is 32.7 Å². The molecule has 32 heavy (non-hydrogen) atoms. The molecule has 3 aromatic heterocycles. The lowest BCUT2D eigenvalue weighted by Gasteiger charge is -2.31. The lowest BCUT2D eigenvalue weighted by atomic mass is 9.99. The Morgan fingerprint density at radius 2 is 2.19 bits per heavy atom. The van der Waals surface area contributed by atoms with Gasteiger partial charge in [0.05, 0.1) is 18.8 Å². The van der Waals surface area contributed by atoms with Gasteiger partial charge in [-0.05, 0) is 49.6 Å². The summed E-state index contributed by atoms with van der Waals surface area (Å²) in [6, 6.07) is 10.1. The molecule has 0 aliphatic carbocycles. The fraction of sp³-hybridized carbons (Fsp3) is 0.304. The zero-order chi connectivity index (χ0) is 22.2. The van der Waals surface area contributed by atoms with Gasteiger partial charge in [-0.2, -0.15) is 4.98 Å². The monoisotopic (exact) mass is 432 g/mol. The molecule has 1 fully saturated rings. The quantitative estimate of drug-likeness (QED) is 0.480. The van der Waals surface area contributed by atoms with Gasteiger partial charge >= 0.3 is 0 Å². The number of rotatable bonds is 6. The fourth-order valence-corrected chi connectivity index (χ4v) is 3.87. The fourth-order valence-electron chi connectivity index (χ4n) is 3.87. The van der Waals surface area contributed by atoms with Crippen LogP contribution in [0.15, 0.2) is 47.2 Å². The van der Waals surface area contributed by atoms with Crippen molar-refractivity contribution in [1.29, 1.82) is 0 Å². The number of carbonyl (C=O) groups excluding carboxylic acids is 1. The van der Waals surface area contributed by atoms with E-state index in [9.17, 15) is 4.79 Å². The van der Waals surface area contributed by atoms with Crippen molar-refractivity contribution in [3.8, 4) is 11.4 Å². The number of pyridine rings is 1. The minimum atomic E-state index is -0.251. The molecule has 164 valence electrons. The van der Waals surface area contributed by atoms with Crippen LogP contribution in [-0.4, -0.2) is 38.6 Å². The Kier molecular flexibility index (Phi) is 5.20. The molecule has 2 N–H and O–H groups in total. The van der Waals surface area contributed by atoms with Crippen LogP contribution in [-0.2, 0) is 11.3 Å². The summed E-state index contributed by atoms with van der Waals surface area (Å²) in [6.07, 6.45) is 4.37. The van der Waals surface area contributed by atoms with Crippen molar-refractivity contribution in [2.75, 3.05) is 12.4 Å². The number of carbonyl (C=O) groups is 1. The van der Waals surface area contributed by atoms with Gasteiger partial charge in [0.2, 0.25) is 11.7 Å². The number of aromatic nitrogens is 4. The number of hydrogen-bond donors (Lipinski definition) is 2. The summed E-state index contributed by atoms with van der Waals surface area (Å²) in [7, 11) is 1.64. The SMILES string of the molecule is COCc1ccn2c(C(=O)Nc3cc(-c4noc([C@@H]5C[C@H](C)N5)n4)ccc3C)cnc2c1. The maximum Gasteiger partial charge on any atom is 0.274 e. The van der Waals surface area contributed by atoms with E-state index in [1.807, 2.05) is 43.5 Å². The molecule has 9 nitrogen and oxygen atoms in total. The first kappa shape index (κ1) is 20.3. The van der Waals surface area contributed by atoms with Crippen LogP contribution in [0.2, 0.25) is 0 Å². The Labute approximate surface area is 184 Å². The summed E-state index contributed by atoms with van der Waals surface area (Å²) in [5.74, 6) is 0.832. The first-order chi connectivity index (χ1) is 15.5. The summed E-state index contributed by atoms with van der Waals surface area (Å²) in [6.45, 7) is 4.54. The van der Waals surface area contributed by atoms with Crippen LogP contribution in [0.5, 0.6) is 0 Å². The number of fused-ring (bicyclic) bond motifs is 1. The molecule has 0 saturated carbocycles. The molecule has 0 radical (unpaired) electrons. The first-order valence-electron chi connectivity index (χ1n) is 10.5. The van der Waals surface area contributed by atoms with E-state index in [0.29, 0.717) is 41.4 Å². The molecule has 9 heteroatoms. The molecular formula is C23H24N6O3. The van der Waals surface area contributed by atoms with E-state index in [-0.39, 0.29) is 11.9 Å². The van der Waals surface area contributed by atoms with Gasteiger partial charge in [-0.15, -0.1) is 0 Å². The third-order valence-electron chi connectivity index (χ3n) is 5.68. The van der Waals surface area contributed by atoms with Crippen LogP contribution in [0.3, 0.4) is 0 Å². The van der Waals surface area contributed by atoms with Crippen molar-refractivity contribution in [3.05, 3.63) is 65.4 Å². The summed E-state index contributed by atoms with van der Waals surface area (Å²) in [5, 5.41) is 10.4. The van der Waals surface area contributed by atoms with Crippen molar-refractivity contribution >= 4 is 17.2 Å². The molecule has 1 aliphatic rings. The molecule has 5 rings (SSSR count). The topological polar surface area (TPSA) is 107 Å². The first-order valence-corrected chi connectivity index (χ1v) is 10.5. The summed E-state index contributed by atoms with van der Waals surface area (Å²) < 4.78 is 12.3. The highest BCUT2D eigenvalue weighted by atomic mass is 16.5. The molecule has 4 heterocycles. The van der Waals surface area contributed by atoms with Crippen molar-refractivity contribution in [3.63, 3.8) is 0 Å². The Morgan fingerprint density at radius 1 is 1.34 bits per heavy atom. The normalized spacial score (nSPS) is 18.0.